The number of aldehydes is 2. The molecule has 4 unspecified atom stereocenters. The lowest BCUT2D eigenvalue weighted by molar-refractivity contribution is -0.155. The fourth-order valence-corrected chi connectivity index (χ4v) is 9.93. The van der Waals surface area contributed by atoms with Gasteiger partial charge in [0.1, 0.15) is 24.7 Å². The fourth-order valence-electron chi connectivity index (χ4n) is 9.93. The molecule has 14 nitrogen and oxygen atoms in total. The third-order valence-corrected chi connectivity index (χ3v) is 13.7. The number of amides is 2. The van der Waals surface area contributed by atoms with Crippen molar-refractivity contribution in [2.45, 2.75) is 124 Å². The summed E-state index contributed by atoms with van der Waals surface area (Å²) >= 11 is 0. The van der Waals surface area contributed by atoms with E-state index in [1.807, 2.05) is 64.2 Å². The quantitative estimate of drug-likeness (QED) is 0.0917. The molecule has 2 aromatic carbocycles. The van der Waals surface area contributed by atoms with Crippen LogP contribution in [0.2, 0.25) is 0 Å². The summed E-state index contributed by atoms with van der Waals surface area (Å²) in [6.45, 7) is 22.2. The van der Waals surface area contributed by atoms with Crippen LogP contribution in [0, 0.1) is 17.3 Å². The van der Waals surface area contributed by atoms with Gasteiger partial charge in [0.2, 0.25) is 5.91 Å². The molecule has 374 valence electrons. The van der Waals surface area contributed by atoms with Crippen LogP contribution in [0.5, 0.6) is 0 Å². The number of aromatic nitrogens is 2. The van der Waals surface area contributed by atoms with E-state index in [2.05, 4.69) is 105 Å². The highest BCUT2D eigenvalue weighted by Crippen LogP contribution is 2.42. The van der Waals surface area contributed by atoms with Crippen molar-refractivity contribution in [3.63, 3.8) is 0 Å². The van der Waals surface area contributed by atoms with Crippen LogP contribution < -0.4 is 10.7 Å². The number of benzene rings is 2. The third-order valence-electron chi connectivity index (χ3n) is 13.7. The molecule has 2 saturated heterocycles. The van der Waals surface area contributed by atoms with E-state index in [1.54, 1.807) is 7.11 Å². The van der Waals surface area contributed by atoms with E-state index < -0.39 is 29.5 Å². The zero-order valence-corrected chi connectivity index (χ0v) is 43.1. The molecular weight excluding hydrogens is 871 g/mol. The standard InChI is InChI=1S/C44H58N6O5.C8H15NO.C3H4O/c1-10-49-37-19-18-31-24-33(37)34(40(49)32-16-12-20-45-38(32)28(4)54-9)25-44(5,6)26-55-43(53)35-17-13-21-50(47-35)42(52)36(23-29-14-11-15-30(31)22-29)46-41(51)39(27(2)3)48(7)8;1-8(2)4-7(6-10)5-9(8)3;1-2-3-4/h11-12,14-16,18-20,22,24,27-28,35-36,39,47H,10,13,17,21,23,25-26H2,1-9H3,(H,46,51);6-7H,4-5H2,1-3H3;2-3H,1H2/t28?,35-,36?,39?;;/m0../s1. The van der Waals surface area contributed by atoms with E-state index in [4.69, 9.17) is 19.3 Å². The fraction of sp³-hybridized carbons (Fsp3) is 0.527. The molecule has 0 aliphatic carbocycles. The number of pyridine rings is 1. The van der Waals surface area contributed by atoms with Gasteiger partial charge in [-0.15, -0.1) is 0 Å². The highest BCUT2D eigenvalue weighted by atomic mass is 16.5. The minimum atomic E-state index is -0.859. The molecule has 2 fully saturated rings. The van der Waals surface area contributed by atoms with Crippen molar-refractivity contribution in [2.24, 2.45) is 17.3 Å². The topological polar surface area (TPSA) is 155 Å². The molecule has 4 aromatic rings. The number of carbonyl (C=O) groups excluding carboxylic acids is 5. The molecule has 5 atom stereocenters. The van der Waals surface area contributed by atoms with Crippen molar-refractivity contribution >= 4 is 41.3 Å². The molecule has 14 heteroatoms. The molecule has 69 heavy (non-hydrogen) atoms. The monoisotopic (exact) mass is 948 g/mol. The molecule has 2 N–H and O–H groups in total. The zero-order chi connectivity index (χ0) is 50.8. The Morgan fingerprint density at radius 3 is 2.36 bits per heavy atom. The summed E-state index contributed by atoms with van der Waals surface area (Å²) in [6, 6.07) is 17.0. The van der Waals surface area contributed by atoms with Gasteiger partial charge in [0, 0.05) is 72.7 Å². The van der Waals surface area contributed by atoms with E-state index in [0.29, 0.717) is 32.1 Å². The Bertz CT molecular complexity index is 2430. The second kappa shape index (κ2) is 23.9. The first kappa shape index (κ1) is 54.4. The maximum atomic E-state index is 14.3. The number of nitrogens with zero attached hydrogens (tertiary/aromatic N) is 5. The lowest BCUT2D eigenvalue weighted by atomic mass is 9.84. The number of esters is 1. The number of rotatable bonds is 10. The predicted octanol–water partition coefficient (Wildman–Crippen LogP) is 7.62. The highest BCUT2D eigenvalue weighted by molar-refractivity contribution is 5.95. The van der Waals surface area contributed by atoms with Gasteiger partial charge in [0.05, 0.1) is 30.1 Å². The van der Waals surface area contributed by atoms with E-state index in [9.17, 15) is 19.2 Å². The summed E-state index contributed by atoms with van der Waals surface area (Å²) in [5, 5.41) is 5.73. The van der Waals surface area contributed by atoms with Crippen LogP contribution in [-0.4, -0.2) is 126 Å². The number of aryl methyl sites for hydroxylation is 1. The Kier molecular flexibility index (Phi) is 18.8. The second-order valence-corrected chi connectivity index (χ2v) is 20.7. The van der Waals surface area contributed by atoms with E-state index in [0.717, 1.165) is 75.9 Å². The number of allylic oxidation sites excluding steroid dienone is 1. The van der Waals surface area contributed by atoms with Gasteiger partial charge in [0.25, 0.3) is 5.91 Å². The van der Waals surface area contributed by atoms with Gasteiger partial charge in [-0.25, -0.2) is 5.43 Å². The van der Waals surface area contributed by atoms with Gasteiger partial charge in [-0.3, -0.25) is 34.1 Å². The van der Waals surface area contributed by atoms with Crippen LogP contribution in [0.3, 0.4) is 0 Å². The summed E-state index contributed by atoms with van der Waals surface area (Å²) in [5.74, 6) is -0.594. The molecule has 2 aromatic heterocycles. The third kappa shape index (κ3) is 13.2. The summed E-state index contributed by atoms with van der Waals surface area (Å²) in [4.78, 5) is 70.2. The average molecular weight is 948 g/mol. The summed E-state index contributed by atoms with van der Waals surface area (Å²) in [6.07, 6.45) is 7.58. The van der Waals surface area contributed by atoms with Gasteiger partial charge >= 0.3 is 5.97 Å². The van der Waals surface area contributed by atoms with Crippen molar-refractivity contribution in [1.82, 2.24) is 35.1 Å². The molecule has 5 heterocycles. The van der Waals surface area contributed by atoms with Gasteiger partial charge in [-0.1, -0.05) is 64.6 Å². The van der Waals surface area contributed by atoms with Crippen LogP contribution >= 0.6 is 0 Å². The Morgan fingerprint density at radius 2 is 1.77 bits per heavy atom. The first-order valence-corrected chi connectivity index (χ1v) is 24.4. The predicted molar refractivity (Wildman–Crippen MR) is 273 cm³/mol. The number of ether oxygens (including phenoxy) is 2. The van der Waals surface area contributed by atoms with Crippen molar-refractivity contribution < 1.29 is 33.4 Å². The summed E-state index contributed by atoms with van der Waals surface area (Å²) in [7, 11) is 7.52. The number of cyclic esters (lactones) is 1. The minimum Gasteiger partial charge on any atom is -0.464 e. The Morgan fingerprint density at radius 1 is 1.06 bits per heavy atom. The number of carbonyl (C=O) groups is 5. The Labute approximate surface area is 410 Å². The first-order chi connectivity index (χ1) is 32.7. The summed E-state index contributed by atoms with van der Waals surface area (Å²) in [5.41, 5.74) is 11.2. The van der Waals surface area contributed by atoms with E-state index >= 15 is 0 Å². The number of likely N-dealkylation sites (tertiary alicyclic amines) is 1. The number of nitrogens with one attached hydrogen (secondary N) is 2. The van der Waals surface area contributed by atoms with Crippen LogP contribution in [0.25, 0.3) is 33.3 Å². The average Bonchev–Trinajstić information content (AvgIpc) is 3.78. The molecule has 0 saturated carbocycles. The molecular formula is C55H77N7O7. The van der Waals surface area contributed by atoms with Crippen molar-refractivity contribution in [1.29, 1.82) is 0 Å². The molecule has 0 spiro atoms. The van der Waals surface area contributed by atoms with Gasteiger partial charge in [-0.05, 0) is 133 Å². The SMILES string of the molecule is C=CC=O.CCn1c(-c2cccnc2C(C)OC)c2c3cc(ccc31)-c1cccc(c1)CC(NC(=O)C(C(C)C)N(C)C)C(=O)N1CCC[C@H](N1)C(=O)OCC(C)(C)C2.CN1CC(C=O)CC1(C)C. The molecule has 7 rings (SSSR count). The number of likely N-dealkylation sites (N-methyl/N-ethyl adjacent to an activating group) is 1. The van der Waals surface area contributed by atoms with Crippen LogP contribution in [0.15, 0.2) is 73.4 Å². The molecule has 2 amide bonds. The highest BCUT2D eigenvalue weighted by Gasteiger charge is 2.37. The van der Waals surface area contributed by atoms with Gasteiger partial charge < -0.3 is 29.1 Å². The lowest BCUT2D eigenvalue weighted by Crippen LogP contribution is -2.61. The van der Waals surface area contributed by atoms with Crippen LogP contribution in [0.1, 0.15) is 97.6 Å². The minimum absolute atomic E-state index is 0.0279. The normalized spacial score (nSPS) is 21.2. The summed E-state index contributed by atoms with van der Waals surface area (Å²) < 4.78 is 14.2. The van der Waals surface area contributed by atoms with Crippen LogP contribution in [0.4, 0.5) is 0 Å². The van der Waals surface area contributed by atoms with E-state index in [-0.39, 0.29) is 48.3 Å². The zero-order valence-electron chi connectivity index (χ0n) is 43.1. The number of hydrogen-bond acceptors (Lipinski definition) is 11. The largest absolute Gasteiger partial charge is 0.464 e. The smallest absolute Gasteiger partial charge is 0.324 e. The molecule has 3 aliphatic heterocycles. The number of fused-ring (bicyclic) bond motifs is 6. The Hall–Kier alpha value is -5.54. The van der Waals surface area contributed by atoms with Crippen molar-refractivity contribution in [3.8, 4) is 22.4 Å². The maximum absolute atomic E-state index is 14.3. The number of methoxy groups -OCH3 is 1. The molecule has 3 aliphatic rings. The number of hydrogen-bond donors (Lipinski definition) is 2. The number of hydrazine groups is 1. The Balaban J connectivity index is 0.000000548. The van der Waals surface area contributed by atoms with Crippen LogP contribution in [-0.2, 0) is 52.8 Å². The van der Waals surface area contributed by atoms with E-state index in [1.165, 1.54) is 11.1 Å². The molecule has 6 bridgehead atoms. The first-order valence-electron chi connectivity index (χ1n) is 24.4. The second-order valence-electron chi connectivity index (χ2n) is 20.7. The van der Waals surface area contributed by atoms with Crippen molar-refractivity contribution in [3.05, 3.63) is 90.3 Å². The van der Waals surface area contributed by atoms with Gasteiger partial charge in [-0.2, -0.15) is 0 Å². The maximum Gasteiger partial charge on any atom is 0.324 e. The van der Waals surface area contributed by atoms with Crippen molar-refractivity contribution in [2.75, 3.05) is 47.9 Å². The van der Waals surface area contributed by atoms with Gasteiger partial charge in [0.15, 0.2) is 0 Å². The lowest BCUT2D eigenvalue weighted by Gasteiger charge is -2.36. The molecule has 0 radical (unpaired) electrons.